The number of aryl methyl sites for hydroxylation is 1. The lowest BCUT2D eigenvalue weighted by Gasteiger charge is -2.22. The van der Waals surface area contributed by atoms with Crippen LogP contribution in [0.15, 0.2) is 11.5 Å². The molecule has 0 unspecified atom stereocenters. The molecule has 4 nitrogen and oxygen atoms in total. The van der Waals surface area contributed by atoms with Gasteiger partial charge in [0.25, 0.3) is 0 Å². The summed E-state index contributed by atoms with van der Waals surface area (Å²) in [6.07, 6.45) is 7.04. The summed E-state index contributed by atoms with van der Waals surface area (Å²) in [5.74, 6) is 1.13. The molecular weight excluding hydrogens is 208 g/mol. The van der Waals surface area contributed by atoms with Gasteiger partial charge in [0.05, 0.1) is 0 Å². The van der Waals surface area contributed by atoms with Crippen molar-refractivity contribution in [1.82, 2.24) is 20.1 Å². The Morgan fingerprint density at radius 3 is 3.20 bits per heavy atom. The third-order valence-corrected chi connectivity index (χ3v) is 3.85. The molecule has 1 fully saturated rings. The Morgan fingerprint density at radius 2 is 2.53 bits per heavy atom. The van der Waals surface area contributed by atoms with Crippen molar-refractivity contribution in [3.63, 3.8) is 0 Å². The van der Waals surface area contributed by atoms with Gasteiger partial charge in [-0.05, 0) is 25.8 Å². The fourth-order valence-electron chi connectivity index (χ4n) is 1.87. The topological polar surface area (TPSA) is 42.7 Å². The van der Waals surface area contributed by atoms with Crippen LogP contribution in [0.5, 0.6) is 0 Å². The first-order chi connectivity index (χ1) is 7.36. The third kappa shape index (κ3) is 3.21. The molecule has 0 radical (unpaired) electrons. The summed E-state index contributed by atoms with van der Waals surface area (Å²) in [5, 5.41) is 12.5. The van der Waals surface area contributed by atoms with E-state index in [9.17, 15) is 0 Å². The van der Waals surface area contributed by atoms with Gasteiger partial charge in [-0.25, -0.2) is 0 Å². The molecule has 0 spiro atoms. The fourth-order valence-corrected chi connectivity index (χ4v) is 2.81. The van der Waals surface area contributed by atoms with Crippen LogP contribution in [0.25, 0.3) is 0 Å². The van der Waals surface area contributed by atoms with E-state index in [-0.39, 0.29) is 0 Å². The molecule has 1 aromatic heterocycles. The van der Waals surface area contributed by atoms with Gasteiger partial charge in [-0.1, -0.05) is 18.2 Å². The molecule has 2 rings (SSSR count). The molecule has 0 aliphatic carbocycles. The van der Waals surface area contributed by atoms with Crippen molar-refractivity contribution >= 4 is 11.8 Å². The summed E-state index contributed by atoms with van der Waals surface area (Å²) in [6, 6.07) is 0.722. The predicted octanol–water partition coefficient (Wildman–Crippen LogP) is 1.44. The molecule has 84 valence electrons. The third-order valence-electron chi connectivity index (χ3n) is 2.78. The monoisotopic (exact) mass is 226 g/mol. The van der Waals surface area contributed by atoms with E-state index in [1.165, 1.54) is 32.2 Å². The Hall–Kier alpha value is -0.550. The molecule has 0 bridgehead atoms. The highest BCUT2D eigenvalue weighted by molar-refractivity contribution is 7.99. The minimum atomic E-state index is 0.722. The number of nitrogens with zero attached hydrogens (tertiary/aromatic N) is 3. The van der Waals surface area contributed by atoms with Crippen molar-refractivity contribution in [2.24, 2.45) is 7.05 Å². The molecule has 0 aromatic carbocycles. The largest absolute Gasteiger partial charge is 0.314 e. The first-order valence-electron chi connectivity index (χ1n) is 5.56. The van der Waals surface area contributed by atoms with Crippen LogP contribution >= 0.6 is 11.8 Å². The molecule has 1 aliphatic rings. The minimum Gasteiger partial charge on any atom is -0.314 e. The maximum absolute atomic E-state index is 4.05. The molecule has 1 atom stereocenters. The van der Waals surface area contributed by atoms with E-state index in [0.29, 0.717) is 0 Å². The van der Waals surface area contributed by atoms with Gasteiger partial charge < -0.3 is 9.88 Å². The zero-order chi connectivity index (χ0) is 10.5. The maximum Gasteiger partial charge on any atom is 0.190 e. The molecule has 0 amide bonds. The summed E-state index contributed by atoms with van der Waals surface area (Å²) in [6.45, 7) is 1.19. The van der Waals surface area contributed by atoms with Crippen molar-refractivity contribution in [2.45, 2.75) is 36.9 Å². The van der Waals surface area contributed by atoms with E-state index < -0.39 is 0 Å². The number of nitrogens with one attached hydrogen (secondary N) is 1. The predicted molar refractivity (Wildman–Crippen MR) is 62.0 cm³/mol. The van der Waals surface area contributed by atoms with Gasteiger partial charge in [-0.2, -0.15) is 0 Å². The van der Waals surface area contributed by atoms with E-state index >= 15 is 0 Å². The molecule has 0 saturated carbocycles. The van der Waals surface area contributed by atoms with Gasteiger partial charge in [0.2, 0.25) is 0 Å². The van der Waals surface area contributed by atoms with Crippen molar-refractivity contribution in [2.75, 3.05) is 12.3 Å². The first kappa shape index (κ1) is 11.0. The fraction of sp³-hybridized carbons (Fsp3) is 0.800. The van der Waals surface area contributed by atoms with Crippen LogP contribution in [0.2, 0.25) is 0 Å². The number of thioether (sulfide) groups is 1. The molecule has 1 N–H and O–H groups in total. The van der Waals surface area contributed by atoms with Gasteiger partial charge >= 0.3 is 0 Å². The average molecular weight is 226 g/mol. The lowest BCUT2D eigenvalue weighted by atomic mass is 10.0. The molecule has 1 aromatic rings. The van der Waals surface area contributed by atoms with E-state index in [1.807, 2.05) is 11.6 Å². The lowest BCUT2D eigenvalue weighted by Crippen LogP contribution is -2.34. The normalized spacial score (nSPS) is 21.8. The van der Waals surface area contributed by atoms with Crippen molar-refractivity contribution < 1.29 is 0 Å². The molecule has 15 heavy (non-hydrogen) atoms. The number of hydrogen-bond acceptors (Lipinski definition) is 4. The van der Waals surface area contributed by atoms with Crippen molar-refractivity contribution in [3.8, 4) is 0 Å². The van der Waals surface area contributed by atoms with Crippen LogP contribution in [0.4, 0.5) is 0 Å². The summed E-state index contributed by atoms with van der Waals surface area (Å²) >= 11 is 1.80. The summed E-state index contributed by atoms with van der Waals surface area (Å²) < 4.78 is 1.97. The van der Waals surface area contributed by atoms with Crippen LogP contribution in [-0.4, -0.2) is 33.1 Å². The Morgan fingerprint density at radius 1 is 1.60 bits per heavy atom. The van der Waals surface area contributed by atoms with Crippen LogP contribution in [0, 0.1) is 0 Å². The zero-order valence-corrected chi connectivity index (χ0v) is 9.96. The quantitative estimate of drug-likeness (QED) is 0.789. The molecule has 1 saturated heterocycles. The van der Waals surface area contributed by atoms with Gasteiger partial charge in [0.15, 0.2) is 5.16 Å². The van der Waals surface area contributed by atoms with E-state index in [2.05, 4.69) is 15.5 Å². The highest BCUT2D eigenvalue weighted by Gasteiger charge is 2.12. The molecular formula is C10H18N4S. The number of aromatic nitrogens is 3. The Bertz CT molecular complexity index is 293. The van der Waals surface area contributed by atoms with Gasteiger partial charge in [0, 0.05) is 18.8 Å². The Kier molecular flexibility index (Phi) is 4.02. The second-order valence-corrected chi connectivity index (χ2v) is 5.07. The maximum atomic E-state index is 4.05. The van der Waals surface area contributed by atoms with E-state index in [1.54, 1.807) is 18.1 Å². The second kappa shape index (κ2) is 5.51. The Labute approximate surface area is 94.8 Å². The standard InChI is InChI=1S/C10H18N4S/c1-14-8-12-13-10(14)15-7-5-9-4-2-3-6-11-9/h8-9,11H,2-7H2,1H3/t9-/m1/s1. The zero-order valence-electron chi connectivity index (χ0n) is 9.15. The highest BCUT2D eigenvalue weighted by Crippen LogP contribution is 2.18. The van der Waals surface area contributed by atoms with Crippen molar-refractivity contribution in [3.05, 3.63) is 6.33 Å². The van der Waals surface area contributed by atoms with Crippen molar-refractivity contribution in [1.29, 1.82) is 0 Å². The van der Waals surface area contributed by atoms with Crippen LogP contribution in [0.3, 0.4) is 0 Å². The summed E-state index contributed by atoms with van der Waals surface area (Å²) in [4.78, 5) is 0. The highest BCUT2D eigenvalue weighted by atomic mass is 32.2. The number of hydrogen-bond donors (Lipinski definition) is 1. The summed E-state index contributed by atoms with van der Waals surface area (Å²) in [5.41, 5.74) is 0. The van der Waals surface area contributed by atoms with E-state index in [0.717, 1.165) is 17.0 Å². The second-order valence-electron chi connectivity index (χ2n) is 4.01. The average Bonchev–Trinajstić information content (AvgIpc) is 2.66. The first-order valence-corrected chi connectivity index (χ1v) is 6.55. The van der Waals surface area contributed by atoms with Crippen LogP contribution < -0.4 is 5.32 Å². The van der Waals surface area contributed by atoms with Crippen LogP contribution in [-0.2, 0) is 7.05 Å². The molecule has 5 heteroatoms. The number of rotatable bonds is 4. The van der Waals surface area contributed by atoms with Crippen LogP contribution in [0.1, 0.15) is 25.7 Å². The van der Waals surface area contributed by atoms with Gasteiger partial charge in [-0.15, -0.1) is 10.2 Å². The summed E-state index contributed by atoms with van der Waals surface area (Å²) in [7, 11) is 1.99. The molecule has 2 heterocycles. The SMILES string of the molecule is Cn1cnnc1SCC[C@H]1CCCCN1. The smallest absolute Gasteiger partial charge is 0.190 e. The van der Waals surface area contributed by atoms with E-state index in [4.69, 9.17) is 0 Å². The number of piperidine rings is 1. The van der Waals surface area contributed by atoms with Gasteiger partial charge in [-0.3, -0.25) is 0 Å². The molecule has 1 aliphatic heterocycles. The lowest BCUT2D eigenvalue weighted by molar-refractivity contribution is 0.394. The Balaban J connectivity index is 1.68. The minimum absolute atomic E-state index is 0.722. The van der Waals surface area contributed by atoms with Gasteiger partial charge in [0.1, 0.15) is 6.33 Å².